The number of nitrogens with one attached hydrogen (secondary N) is 2. The van der Waals surface area contributed by atoms with E-state index in [2.05, 4.69) is 10.6 Å². The van der Waals surface area contributed by atoms with Crippen LogP contribution in [0, 0.1) is 5.82 Å². The summed E-state index contributed by atoms with van der Waals surface area (Å²) in [4.78, 5) is 12.2. The van der Waals surface area contributed by atoms with Crippen LogP contribution in [0.25, 0.3) is 0 Å². The predicted octanol–water partition coefficient (Wildman–Crippen LogP) is 4.81. The SMILES string of the molecule is C[C@H](N[C@H](C)C(=O)Nc1ccc(F)cc1Cl)c1ccc(Cl)cc1. The molecular weight excluding hydrogens is 338 g/mol. The Balaban J connectivity index is 1.98. The molecular formula is C17H17Cl2FN2O. The highest BCUT2D eigenvalue weighted by Crippen LogP contribution is 2.23. The number of rotatable bonds is 5. The van der Waals surface area contributed by atoms with Gasteiger partial charge in [-0.3, -0.25) is 10.1 Å². The Morgan fingerprint density at radius 1 is 1.09 bits per heavy atom. The molecule has 0 fully saturated rings. The van der Waals surface area contributed by atoms with Crippen molar-refractivity contribution < 1.29 is 9.18 Å². The zero-order valence-electron chi connectivity index (χ0n) is 12.7. The molecule has 122 valence electrons. The molecule has 0 spiro atoms. The molecule has 2 rings (SSSR count). The van der Waals surface area contributed by atoms with E-state index in [9.17, 15) is 9.18 Å². The molecule has 0 radical (unpaired) electrons. The molecule has 0 aliphatic heterocycles. The molecule has 0 saturated carbocycles. The number of hydrogen-bond acceptors (Lipinski definition) is 2. The normalized spacial score (nSPS) is 13.4. The van der Waals surface area contributed by atoms with Crippen molar-refractivity contribution in [1.29, 1.82) is 0 Å². The van der Waals surface area contributed by atoms with Gasteiger partial charge in [0.15, 0.2) is 0 Å². The summed E-state index contributed by atoms with van der Waals surface area (Å²) < 4.78 is 13.0. The Bertz CT molecular complexity index is 691. The third-order valence-corrected chi connectivity index (χ3v) is 4.02. The molecule has 3 nitrogen and oxygen atoms in total. The minimum Gasteiger partial charge on any atom is -0.323 e. The Labute approximate surface area is 144 Å². The van der Waals surface area contributed by atoms with Crippen molar-refractivity contribution in [3.05, 3.63) is 63.9 Å². The first kappa shape index (κ1) is 17.7. The third-order valence-electron chi connectivity index (χ3n) is 3.45. The van der Waals surface area contributed by atoms with Gasteiger partial charge < -0.3 is 5.32 Å². The minimum absolute atomic E-state index is 0.0308. The van der Waals surface area contributed by atoms with Crippen LogP contribution in [0.3, 0.4) is 0 Å². The van der Waals surface area contributed by atoms with Gasteiger partial charge in [-0.2, -0.15) is 0 Å². The van der Waals surface area contributed by atoms with Crippen LogP contribution in [0.15, 0.2) is 42.5 Å². The monoisotopic (exact) mass is 354 g/mol. The largest absolute Gasteiger partial charge is 0.323 e. The maximum absolute atomic E-state index is 13.0. The van der Waals surface area contributed by atoms with Crippen molar-refractivity contribution in [2.45, 2.75) is 25.9 Å². The van der Waals surface area contributed by atoms with E-state index in [1.54, 1.807) is 19.1 Å². The van der Waals surface area contributed by atoms with E-state index in [1.165, 1.54) is 12.1 Å². The van der Waals surface area contributed by atoms with Crippen LogP contribution in [0.1, 0.15) is 25.5 Å². The van der Waals surface area contributed by atoms with Gasteiger partial charge in [-0.1, -0.05) is 35.3 Å². The molecule has 2 aromatic rings. The fourth-order valence-corrected chi connectivity index (χ4v) is 2.47. The lowest BCUT2D eigenvalue weighted by atomic mass is 10.1. The topological polar surface area (TPSA) is 41.1 Å². The average molecular weight is 355 g/mol. The van der Waals surface area contributed by atoms with Crippen molar-refractivity contribution in [3.63, 3.8) is 0 Å². The molecule has 2 atom stereocenters. The predicted molar refractivity (Wildman–Crippen MR) is 92.5 cm³/mol. The lowest BCUT2D eigenvalue weighted by Crippen LogP contribution is -2.39. The highest BCUT2D eigenvalue weighted by atomic mass is 35.5. The van der Waals surface area contributed by atoms with Crippen molar-refractivity contribution in [1.82, 2.24) is 5.32 Å². The van der Waals surface area contributed by atoms with Gasteiger partial charge in [-0.25, -0.2) is 4.39 Å². The second-order valence-electron chi connectivity index (χ2n) is 5.28. The van der Waals surface area contributed by atoms with Crippen molar-refractivity contribution in [2.75, 3.05) is 5.32 Å². The van der Waals surface area contributed by atoms with E-state index < -0.39 is 11.9 Å². The van der Waals surface area contributed by atoms with Crippen LogP contribution in [0.5, 0.6) is 0 Å². The van der Waals surface area contributed by atoms with E-state index in [4.69, 9.17) is 23.2 Å². The summed E-state index contributed by atoms with van der Waals surface area (Å²) in [5.74, 6) is -0.699. The fraction of sp³-hybridized carbons (Fsp3) is 0.235. The van der Waals surface area contributed by atoms with Crippen molar-refractivity contribution in [2.24, 2.45) is 0 Å². The number of carbonyl (C=O) groups is 1. The van der Waals surface area contributed by atoms with E-state index >= 15 is 0 Å². The summed E-state index contributed by atoms with van der Waals surface area (Å²) >= 11 is 11.8. The summed E-state index contributed by atoms with van der Waals surface area (Å²) in [6.07, 6.45) is 0. The molecule has 0 aliphatic carbocycles. The zero-order chi connectivity index (χ0) is 17.0. The zero-order valence-corrected chi connectivity index (χ0v) is 14.3. The quantitative estimate of drug-likeness (QED) is 0.808. The number of benzene rings is 2. The van der Waals surface area contributed by atoms with Crippen molar-refractivity contribution in [3.8, 4) is 0 Å². The summed E-state index contributed by atoms with van der Waals surface area (Å²) in [5, 5.41) is 6.70. The lowest BCUT2D eigenvalue weighted by Gasteiger charge is -2.20. The molecule has 0 bridgehead atoms. The van der Waals surface area contributed by atoms with Crippen LogP contribution in [0.2, 0.25) is 10.0 Å². The van der Waals surface area contributed by atoms with Crippen LogP contribution < -0.4 is 10.6 Å². The fourth-order valence-electron chi connectivity index (χ4n) is 2.13. The first-order valence-corrected chi connectivity index (χ1v) is 7.90. The molecule has 2 N–H and O–H groups in total. The van der Waals surface area contributed by atoms with Crippen LogP contribution in [-0.2, 0) is 4.79 Å². The van der Waals surface area contributed by atoms with E-state index in [0.717, 1.165) is 11.6 Å². The van der Waals surface area contributed by atoms with Gasteiger partial charge in [0, 0.05) is 11.1 Å². The minimum atomic E-state index is -0.457. The number of hydrogen-bond donors (Lipinski definition) is 2. The van der Waals surface area contributed by atoms with Crippen LogP contribution in [0.4, 0.5) is 10.1 Å². The maximum Gasteiger partial charge on any atom is 0.241 e. The molecule has 6 heteroatoms. The lowest BCUT2D eigenvalue weighted by molar-refractivity contribution is -0.117. The van der Waals surface area contributed by atoms with Gasteiger partial charge in [-0.05, 0) is 49.7 Å². The summed E-state index contributed by atoms with van der Waals surface area (Å²) in [5.41, 5.74) is 1.40. The highest BCUT2D eigenvalue weighted by molar-refractivity contribution is 6.33. The molecule has 23 heavy (non-hydrogen) atoms. The Kier molecular flexibility index (Phi) is 5.99. The highest BCUT2D eigenvalue weighted by Gasteiger charge is 2.17. The molecule has 0 aliphatic rings. The molecule has 0 aromatic heterocycles. The Hall–Kier alpha value is -1.62. The Morgan fingerprint density at radius 2 is 1.74 bits per heavy atom. The molecule has 1 amide bonds. The van der Waals surface area contributed by atoms with Gasteiger partial charge in [0.25, 0.3) is 0 Å². The van der Waals surface area contributed by atoms with Crippen LogP contribution >= 0.6 is 23.2 Å². The number of carbonyl (C=O) groups excluding carboxylic acids is 1. The number of anilines is 1. The molecule has 0 heterocycles. The molecule has 0 saturated heterocycles. The molecule has 2 aromatic carbocycles. The van der Waals surface area contributed by atoms with Gasteiger partial charge in [0.2, 0.25) is 5.91 Å². The number of halogens is 3. The van der Waals surface area contributed by atoms with Gasteiger partial charge in [0.05, 0.1) is 16.8 Å². The van der Waals surface area contributed by atoms with E-state index in [0.29, 0.717) is 10.7 Å². The first-order chi connectivity index (χ1) is 10.9. The second kappa shape index (κ2) is 7.77. The third kappa shape index (κ3) is 4.93. The Morgan fingerprint density at radius 3 is 2.35 bits per heavy atom. The van der Waals surface area contributed by atoms with E-state index in [1.807, 2.05) is 19.1 Å². The van der Waals surface area contributed by atoms with Crippen LogP contribution in [-0.4, -0.2) is 11.9 Å². The second-order valence-corrected chi connectivity index (χ2v) is 6.12. The van der Waals surface area contributed by atoms with E-state index in [-0.39, 0.29) is 17.0 Å². The summed E-state index contributed by atoms with van der Waals surface area (Å²) in [7, 11) is 0. The summed E-state index contributed by atoms with van der Waals surface area (Å²) in [6, 6.07) is 10.8. The van der Waals surface area contributed by atoms with Gasteiger partial charge in [-0.15, -0.1) is 0 Å². The standard InChI is InChI=1S/C17H17Cl2FN2O/c1-10(12-3-5-13(18)6-4-12)21-11(2)17(23)22-16-8-7-14(20)9-15(16)19/h3-11,21H,1-2H3,(H,22,23)/t10-,11+/m0/s1. The van der Waals surface area contributed by atoms with Gasteiger partial charge in [0.1, 0.15) is 5.82 Å². The smallest absolute Gasteiger partial charge is 0.241 e. The molecule has 0 unspecified atom stereocenters. The first-order valence-electron chi connectivity index (χ1n) is 7.14. The number of amides is 1. The average Bonchev–Trinajstić information content (AvgIpc) is 2.50. The van der Waals surface area contributed by atoms with Gasteiger partial charge >= 0.3 is 0 Å². The summed E-state index contributed by atoms with van der Waals surface area (Å²) in [6.45, 7) is 3.71. The maximum atomic E-state index is 13.0. The van der Waals surface area contributed by atoms with Crippen molar-refractivity contribution >= 4 is 34.8 Å².